The molecule has 8 nitrogen and oxygen atoms in total. The summed E-state index contributed by atoms with van der Waals surface area (Å²) < 4.78 is 27.6. The van der Waals surface area contributed by atoms with Gasteiger partial charge in [-0.3, -0.25) is 9.59 Å². The Labute approximate surface area is 206 Å². The van der Waals surface area contributed by atoms with Crippen LogP contribution in [-0.4, -0.2) is 54.6 Å². The van der Waals surface area contributed by atoms with E-state index in [1.165, 1.54) is 36.0 Å². The number of hydrogen-bond donors (Lipinski definition) is 3. The molecule has 0 fully saturated rings. The third-order valence-corrected chi connectivity index (χ3v) is 7.91. The highest BCUT2D eigenvalue weighted by Gasteiger charge is 2.35. The first kappa shape index (κ1) is 27.7. The highest BCUT2D eigenvalue weighted by atomic mass is 32.2. The molecule has 0 spiro atoms. The van der Waals surface area contributed by atoms with Crippen LogP contribution in [0.5, 0.6) is 0 Å². The fraction of sp³-hybridized carbons (Fsp3) is 0.417. The van der Waals surface area contributed by atoms with E-state index in [1.54, 1.807) is 0 Å². The van der Waals surface area contributed by atoms with Crippen molar-refractivity contribution in [2.45, 2.75) is 48.9 Å². The molecule has 0 radical (unpaired) electrons. The standard InChI is InChI=1S/C24H33N3O5S2/c1-18(2)16-27(34(31,32)21-13-11-19(25)12-14-21)22(24(29)30)10-6-7-15-26-23(28)17-33-20-8-4-3-5-9-20/h3-5,8-9,11-14,18,22H,6-7,10,15-17,25H2,1-2H3,(H,26,28)(H,29,30)/t22-/m0/s1. The normalized spacial score (nSPS) is 12.6. The minimum Gasteiger partial charge on any atom is -0.480 e. The van der Waals surface area contributed by atoms with E-state index >= 15 is 0 Å². The van der Waals surface area contributed by atoms with Crippen molar-refractivity contribution in [2.24, 2.45) is 5.92 Å². The SMILES string of the molecule is CC(C)CN([C@@H](CCCCNC(=O)CSc1ccccc1)C(=O)O)S(=O)(=O)c1ccc(N)cc1. The molecule has 0 aliphatic rings. The Hall–Kier alpha value is -2.56. The van der Waals surface area contributed by atoms with E-state index in [0.29, 0.717) is 30.8 Å². The third-order valence-electron chi connectivity index (χ3n) is 5.00. The van der Waals surface area contributed by atoms with Crippen molar-refractivity contribution in [1.29, 1.82) is 0 Å². The molecule has 0 aromatic heterocycles. The van der Waals surface area contributed by atoms with Crippen LogP contribution in [-0.2, 0) is 19.6 Å². The van der Waals surface area contributed by atoms with Crippen LogP contribution in [0.2, 0.25) is 0 Å². The fourth-order valence-corrected chi connectivity index (χ4v) is 5.85. The van der Waals surface area contributed by atoms with Crippen molar-refractivity contribution in [3.05, 3.63) is 54.6 Å². The second-order valence-corrected chi connectivity index (χ2v) is 11.3. The van der Waals surface area contributed by atoms with E-state index in [2.05, 4.69) is 5.32 Å². The number of carboxylic acids is 1. The zero-order valence-electron chi connectivity index (χ0n) is 19.5. The second kappa shape index (κ2) is 13.4. The molecule has 0 saturated carbocycles. The minimum atomic E-state index is -4.02. The number of amides is 1. The largest absolute Gasteiger partial charge is 0.480 e. The van der Waals surface area contributed by atoms with Gasteiger partial charge in [0, 0.05) is 23.7 Å². The van der Waals surface area contributed by atoms with Crippen LogP contribution in [0, 0.1) is 5.92 Å². The summed E-state index contributed by atoms with van der Waals surface area (Å²) in [7, 11) is -4.02. The Morgan fingerprint density at radius 2 is 1.71 bits per heavy atom. The molecule has 1 amide bonds. The number of unbranched alkanes of at least 4 members (excludes halogenated alkanes) is 1. The second-order valence-electron chi connectivity index (χ2n) is 8.34. The Balaban J connectivity index is 1.93. The van der Waals surface area contributed by atoms with Gasteiger partial charge < -0.3 is 16.2 Å². The molecule has 4 N–H and O–H groups in total. The molecular formula is C24H33N3O5S2. The van der Waals surface area contributed by atoms with Crippen LogP contribution < -0.4 is 11.1 Å². The predicted molar refractivity (Wildman–Crippen MR) is 135 cm³/mol. The lowest BCUT2D eigenvalue weighted by molar-refractivity contribution is -0.142. The van der Waals surface area contributed by atoms with Gasteiger partial charge in [-0.1, -0.05) is 32.0 Å². The number of nitrogens with one attached hydrogen (secondary N) is 1. The molecule has 0 heterocycles. The number of carbonyl (C=O) groups excluding carboxylic acids is 1. The van der Waals surface area contributed by atoms with Gasteiger partial charge in [-0.25, -0.2) is 8.42 Å². The lowest BCUT2D eigenvalue weighted by atomic mass is 10.1. The third kappa shape index (κ3) is 8.66. The molecule has 186 valence electrons. The van der Waals surface area contributed by atoms with Crippen molar-refractivity contribution in [3.63, 3.8) is 0 Å². The minimum absolute atomic E-state index is 0.0109. The average molecular weight is 508 g/mol. The number of nitrogens with two attached hydrogens (primary N) is 1. The molecule has 0 aliphatic carbocycles. The van der Waals surface area contributed by atoms with Crippen LogP contribution in [0.3, 0.4) is 0 Å². The number of nitrogens with zero attached hydrogens (tertiary/aromatic N) is 1. The first-order valence-electron chi connectivity index (χ1n) is 11.2. The summed E-state index contributed by atoms with van der Waals surface area (Å²) in [4.78, 5) is 25.1. The summed E-state index contributed by atoms with van der Waals surface area (Å²) in [5.74, 6) is -1.06. The highest BCUT2D eigenvalue weighted by molar-refractivity contribution is 8.00. The number of carbonyl (C=O) groups is 2. The van der Waals surface area contributed by atoms with Gasteiger partial charge >= 0.3 is 5.97 Å². The molecule has 0 bridgehead atoms. The van der Waals surface area contributed by atoms with Gasteiger partial charge in [-0.15, -0.1) is 11.8 Å². The summed E-state index contributed by atoms with van der Waals surface area (Å²) in [6.45, 7) is 4.16. The molecule has 10 heteroatoms. The summed E-state index contributed by atoms with van der Waals surface area (Å²) >= 11 is 1.44. The number of thioether (sulfide) groups is 1. The van der Waals surface area contributed by atoms with Gasteiger partial charge in [0.25, 0.3) is 0 Å². The Morgan fingerprint density at radius 3 is 2.29 bits per heavy atom. The van der Waals surface area contributed by atoms with Gasteiger partial charge in [0.15, 0.2) is 0 Å². The quantitative estimate of drug-likeness (QED) is 0.203. The Kier molecular flexibility index (Phi) is 10.9. The predicted octanol–water partition coefficient (Wildman–Crippen LogP) is 3.45. The molecule has 0 saturated heterocycles. The monoisotopic (exact) mass is 507 g/mol. The maximum Gasteiger partial charge on any atom is 0.322 e. The van der Waals surface area contributed by atoms with E-state index < -0.39 is 22.0 Å². The van der Waals surface area contributed by atoms with Crippen molar-refractivity contribution in [3.8, 4) is 0 Å². The number of aliphatic carboxylic acids is 1. The topological polar surface area (TPSA) is 130 Å². The molecule has 2 aromatic rings. The average Bonchev–Trinajstić information content (AvgIpc) is 2.79. The molecule has 2 aromatic carbocycles. The number of benzene rings is 2. The lowest BCUT2D eigenvalue weighted by Gasteiger charge is -2.29. The maximum atomic E-state index is 13.3. The number of nitrogen functional groups attached to an aromatic ring is 1. The highest BCUT2D eigenvalue weighted by Crippen LogP contribution is 2.23. The zero-order chi connectivity index (χ0) is 25.1. The van der Waals surface area contributed by atoms with E-state index in [9.17, 15) is 23.1 Å². The molecule has 0 unspecified atom stereocenters. The van der Waals surface area contributed by atoms with Crippen LogP contribution in [0.4, 0.5) is 5.69 Å². The Bertz CT molecular complexity index is 1030. The fourth-order valence-electron chi connectivity index (χ4n) is 3.33. The van der Waals surface area contributed by atoms with Gasteiger partial charge in [-0.05, 0) is 61.6 Å². The number of rotatable bonds is 14. The van der Waals surface area contributed by atoms with Crippen LogP contribution in [0.15, 0.2) is 64.4 Å². The smallest absolute Gasteiger partial charge is 0.322 e. The van der Waals surface area contributed by atoms with E-state index in [-0.39, 0.29) is 29.7 Å². The summed E-state index contributed by atoms with van der Waals surface area (Å²) in [6.07, 6.45) is 1.14. The van der Waals surface area contributed by atoms with Crippen molar-refractivity contribution < 1.29 is 23.1 Å². The molecular weight excluding hydrogens is 474 g/mol. The number of anilines is 1. The zero-order valence-corrected chi connectivity index (χ0v) is 21.1. The van der Waals surface area contributed by atoms with Crippen molar-refractivity contribution >= 4 is 39.3 Å². The van der Waals surface area contributed by atoms with E-state index in [1.807, 2.05) is 44.2 Å². The number of sulfonamides is 1. The summed E-state index contributed by atoms with van der Waals surface area (Å²) in [5, 5.41) is 12.7. The van der Waals surface area contributed by atoms with Gasteiger partial charge in [-0.2, -0.15) is 4.31 Å². The van der Waals surface area contributed by atoms with Crippen LogP contribution >= 0.6 is 11.8 Å². The van der Waals surface area contributed by atoms with Gasteiger partial charge in [0.05, 0.1) is 10.6 Å². The molecule has 1 atom stereocenters. The van der Waals surface area contributed by atoms with E-state index in [0.717, 1.165) is 9.20 Å². The Morgan fingerprint density at radius 1 is 1.06 bits per heavy atom. The number of hydrogen-bond acceptors (Lipinski definition) is 6. The lowest BCUT2D eigenvalue weighted by Crippen LogP contribution is -2.46. The van der Waals surface area contributed by atoms with Crippen LogP contribution in [0.1, 0.15) is 33.1 Å². The van der Waals surface area contributed by atoms with Gasteiger partial charge in [0.2, 0.25) is 15.9 Å². The summed E-state index contributed by atoms with van der Waals surface area (Å²) in [5.41, 5.74) is 6.09. The first-order valence-corrected chi connectivity index (χ1v) is 13.6. The summed E-state index contributed by atoms with van der Waals surface area (Å²) in [6, 6.07) is 14.1. The maximum absolute atomic E-state index is 13.3. The van der Waals surface area contributed by atoms with Crippen molar-refractivity contribution in [1.82, 2.24) is 9.62 Å². The van der Waals surface area contributed by atoms with E-state index in [4.69, 9.17) is 5.73 Å². The number of carboxylic acid groups (broad SMARTS) is 1. The first-order chi connectivity index (χ1) is 16.1. The molecule has 0 aliphatic heterocycles. The van der Waals surface area contributed by atoms with Crippen LogP contribution in [0.25, 0.3) is 0 Å². The molecule has 2 rings (SSSR count). The molecule has 34 heavy (non-hydrogen) atoms. The van der Waals surface area contributed by atoms with Crippen molar-refractivity contribution in [2.75, 3.05) is 24.6 Å². The van der Waals surface area contributed by atoms with Gasteiger partial charge in [0.1, 0.15) is 6.04 Å².